The molecule has 0 bridgehead atoms. The average molecular weight is 410 g/mol. The molecule has 0 saturated heterocycles. The summed E-state index contributed by atoms with van der Waals surface area (Å²) in [6.07, 6.45) is 3.12. The second-order valence-electron chi connectivity index (χ2n) is 8.25. The van der Waals surface area contributed by atoms with Crippen LogP contribution < -0.4 is 9.64 Å². The summed E-state index contributed by atoms with van der Waals surface area (Å²) < 4.78 is 5.76. The molecule has 0 saturated carbocycles. The van der Waals surface area contributed by atoms with Gasteiger partial charge in [-0.05, 0) is 56.0 Å². The first-order chi connectivity index (χ1) is 14.3. The zero-order chi connectivity index (χ0) is 21.9. The molecule has 160 valence electrons. The number of Topliss-reactive ketones (excluding diaryl/α,β-unsaturated/α-hetero) is 1. The number of aliphatic hydroxyl groups is 1. The van der Waals surface area contributed by atoms with E-state index >= 15 is 0 Å². The summed E-state index contributed by atoms with van der Waals surface area (Å²) in [5, 5.41) is 11.3. The molecule has 1 aliphatic heterocycles. The largest absolute Gasteiger partial charge is 0.494 e. The number of amides is 1. The fraction of sp³-hybridized carbons (Fsp3) is 0.440. The maximum atomic E-state index is 13.3. The fourth-order valence-electron chi connectivity index (χ4n) is 4.19. The Balaban J connectivity index is 1.86. The third kappa shape index (κ3) is 4.26. The minimum absolute atomic E-state index is 0.218. The number of rotatable bonds is 9. The second-order valence-corrected chi connectivity index (χ2v) is 8.25. The molecule has 0 spiro atoms. The van der Waals surface area contributed by atoms with Gasteiger partial charge in [-0.1, -0.05) is 44.0 Å². The summed E-state index contributed by atoms with van der Waals surface area (Å²) in [7, 11) is 0. The van der Waals surface area contributed by atoms with Crippen LogP contribution in [0, 0.1) is 13.8 Å². The quantitative estimate of drug-likeness (QED) is 0.616. The van der Waals surface area contributed by atoms with Crippen molar-refractivity contribution in [3.05, 3.63) is 58.7 Å². The molecule has 0 radical (unpaired) electrons. The van der Waals surface area contributed by atoms with Crippen LogP contribution in [-0.4, -0.2) is 23.4 Å². The highest BCUT2D eigenvalue weighted by Gasteiger charge is 2.51. The van der Waals surface area contributed by atoms with Crippen molar-refractivity contribution in [2.45, 2.75) is 65.5 Å². The summed E-state index contributed by atoms with van der Waals surface area (Å²) in [6.45, 7) is 8.37. The number of anilines is 1. The lowest BCUT2D eigenvalue weighted by atomic mass is 9.86. The van der Waals surface area contributed by atoms with Gasteiger partial charge in [0.1, 0.15) is 11.5 Å². The standard InChI is InChI=1S/C25H31NO4/c1-5-6-7-14-30-21-12-10-20(11-13-21)16-26-23-18(3)9-8-17(2)22(23)25(29,24(26)28)15-19(4)27/h8-13,29H,5-7,14-16H2,1-4H3. The zero-order valence-corrected chi connectivity index (χ0v) is 18.3. The maximum Gasteiger partial charge on any atom is 0.264 e. The van der Waals surface area contributed by atoms with Crippen molar-refractivity contribution < 1.29 is 19.4 Å². The van der Waals surface area contributed by atoms with Gasteiger partial charge in [0.25, 0.3) is 5.91 Å². The van der Waals surface area contributed by atoms with Gasteiger partial charge in [0, 0.05) is 12.0 Å². The molecule has 1 heterocycles. The third-order valence-electron chi connectivity index (χ3n) is 5.66. The van der Waals surface area contributed by atoms with E-state index in [4.69, 9.17) is 4.74 Å². The first-order valence-electron chi connectivity index (χ1n) is 10.6. The van der Waals surface area contributed by atoms with Crippen LogP contribution in [0.2, 0.25) is 0 Å². The number of aryl methyl sites for hydroxylation is 2. The summed E-state index contributed by atoms with van der Waals surface area (Å²) in [6, 6.07) is 11.5. The molecule has 0 aliphatic carbocycles. The smallest absolute Gasteiger partial charge is 0.264 e. The minimum atomic E-state index is -1.81. The molecular formula is C25H31NO4. The van der Waals surface area contributed by atoms with Gasteiger partial charge in [-0.15, -0.1) is 0 Å². The normalized spacial score (nSPS) is 17.9. The Kier molecular flexibility index (Phi) is 6.61. The Labute approximate surface area is 178 Å². The van der Waals surface area contributed by atoms with Crippen LogP contribution in [0.5, 0.6) is 5.75 Å². The molecule has 1 atom stereocenters. The van der Waals surface area contributed by atoms with E-state index in [1.807, 2.05) is 50.2 Å². The number of benzene rings is 2. The Morgan fingerprint density at radius 1 is 1.07 bits per heavy atom. The number of fused-ring (bicyclic) bond motifs is 1. The number of carbonyl (C=O) groups is 2. The van der Waals surface area contributed by atoms with Gasteiger partial charge >= 0.3 is 0 Å². The van der Waals surface area contributed by atoms with E-state index in [0.717, 1.165) is 41.7 Å². The Bertz CT molecular complexity index is 935. The molecule has 30 heavy (non-hydrogen) atoms. The van der Waals surface area contributed by atoms with E-state index in [1.54, 1.807) is 4.90 Å². The average Bonchev–Trinajstić information content (AvgIpc) is 2.91. The first kappa shape index (κ1) is 22.0. The van der Waals surface area contributed by atoms with Gasteiger partial charge in [0.05, 0.1) is 18.8 Å². The van der Waals surface area contributed by atoms with E-state index in [0.29, 0.717) is 24.4 Å². The number of carbonyl (C=O) groups excluding carboxylic acids is 2. The lowest BCUT2D eigenvalue weighted by Crippen LogP contribution is -2.41. The molecule has 5 nitrogen and oxygen atoms in total. The lowest BCUT2D eigenvalue weighted by molar-refractivity contribution is -0.141. The molecule has 2 aromatic carbocycles. The van der Waals surface area contributed by atoms with E-state index in [9.17, 15) is 14.7 Å². The van der Waals surface area contributed by atoms with E-state index in [1.165, 1.54) is 6.92 Å². The van der Waals surface area contributed by atoms with E-state index < -0.39 is 11.5 Å². The lowest BCUT2D eigenvalue weighted by Gasteiger charge is -2.23. The van der Waals surface area contributed by atoms with Crippen LogP contribution in [0.4, 0.5) is 5.69 Å². The Hall–Kier alpha value is -2.66. The monoisotopic (exact) mass is 409 g/mol. The van der Waals surface area contributed by atoms with Crippen molar-refractivity contribution in [3.8, 4) is 5.75 Å². The third-order valence-corrected chi connectivity index (χ3v) is 5.66. The highest BCUT2D eigenvalue weighted by atomic mass is 16.5. The summed E-state index contributed by atoms with van der Waals surface area (Å²) in [4.78, 5) is 26.7. The van der Waals surface area contributed by atoms with Gasteiger partial charge in [-0.3, -0.25) is 9.59 Å². The Morgan fingerprint density at radius 3 is 2.37 bits per heavy atom. The van der Waals surface area contributed by atoms with Gasteiger partial charge in [0.2, 0.25) is 0 Å². The zero-order valence-electron chi connectivity index (χ0n) is 18.3. The summed E-state index contributed by atoms with van der Waals surface area (Å²) >= 11 is 0. The summed E-state index contributed by atoms with van der Waals surface area (Å²) in [5.74, 6) is 0.150. The minimum Gasteiger partial charge on any atom is -0.494 e. The fourth-order valence-corrected chi connectivity index (χ4v) is 4.19. The van der Waals surface area contributed by atoms with Crippen LogP contribution in [0.25, 0.3) is 0 Å². The number of hydrogen-bond donors (Lipinski definition) is 1. The van der Waals surface area contributed by atoms with Gasteiger partial charge in [-0.25, -0.2) is 0 Å². The molecular weight excluding hydrogens is 378 g/mol. The van der Waals surface area contributed by atoms with Crippen LogP contribution in [0.1, 0.15) is 61.8 Å². The van der Waals surface area contributed by atoms with Crippen LogP contribution >= 0.6 is 0 Å². The number of nitrogens with zero attached hydrogens (tertiary/aromatic N) is 1. The van der Waals surface area contributed by atoms with E-state index in [-0.39, 0.29) is 12.2 Å². The number of hydrogen-bond acceptors (Lipinski definition) is 4. The van der Waals surface area contributed by atoms with E-state index in [2.05, 4.69) is 6.92 Å². The van der Waals surface area contributed by atoms with Crippen molar-refractivity contribution in [3.63, 3.8) is 0 Å². The van der Waals surface area contributed by atoms with Gasteiger partial charge in [0.15, 0.2) is 5.60 Å². The van der Waals surface area contributed by atoms with Gasteiger partial charge in [-0.2, -0.15) is 0 Å². The molecule has 5 heteroatoms. The number of ether oxygens (including phenoxy) is 1. The molecule has 1 amide bonds. The van der Waals surface area contributed by atoms with Crippen molar-refractivity contribution in [2.24, 2.45) is 0 Å². The van der Waals surface area contributed by atoms with Crippen LogP contribution in [0.3, 0.4) is 0 Å². The Morgan fingerprint density at radius 2 is 1.73 bits per heavy atom. The number of ketones is 1. The van der Waals surface area contributed by atoms with Crippen LogP contribution in [-0.2, 0) is 21.7 Å². The topological polar surface area (TPSA) is 66.8 Å². The molecule has 3 rings (SSSR count). The van der Waals surface area contributed by atoms with Crippen molar-refractivity contribution in [1.29, 1.82) is 0 Å². The molecule has 0 aromatic heterocycles. The predicted octanol–water partition coefficient (Wildman–Crippen LogP) is 4.59. The second kappa shape index (κ2) is 9.00. The van der Waals surface area contributed by atoms with Crippen LogP contribution in [0.15, 0.2) is 36.4 Å². The molecule has 1 N–H and O–H groups in total. The molecule has 1 unspecified atom stereocenters. The predicted molar refractivity (Wildman–Crippen MR) is 118 cm³/mol. The highest BCUT2D eigenvalue weighted by molar-refractivity contribution is 6.09. The van der Waals surface area contributed by atoms with Crippen molar-refractivity contribution in [2.75, 3.05) is 11.5 Å². The highest BCUT2D eigenvalue weighted by Crippen LogP contribution is 2.46. The van der Waals surface area contributed by atoms with Crippen molar-refractivity contribution >= 4 is 17.4 Å². The number of unbranched alkanes of at least 4 members (excludes halogenated alkanes) is 2. The SMILES string of the molecule is CCCCCOc1ccc(CN2C(=O)C(O)(CC(C)=O)c3c(C)ccc(C)c32)cc1. The van der Waals surface area contributed by atoms with Gasteiger partial charge < -0.3 is 14.7 Å². The first-order valence-corrected chi connectivity index (χ1v) is 10.6. The maximum absolute atomic E-state index is 13.3. The molecule has 1 aliphatic rings. The molecule has 0 fully saturated rings. The van der Waals surface area contributed by atoms with Crippen molar-refractivity contribution in [1.82, 2.24) is 0 Å². The summed E-state index contributed by atoms with van der Waals surface area (Å²) in [5.41, 5.74) is 2.11. The molecule has 2 aromatic rings.